The van der Waals surface area contributed by atoms with Gasteiger partial charge in [-0.05, 0) is 40.5 Å². The fraction of sp³-hybridized carbons (Fsp3) is 0.280. The minimum atomic E-state index is -1.19. The molecule has 0 saturated carbocycles. The van der Waals surface area contributed by atoms with Gasteiger partial charge in [-0.2, -0.15) is 0 Å². The number of rotatable bonds is 5. The summed E-state index contributed by atoms with van der Waals surface area (Å²) in [6.45, 7) is -0.245. The van der Waals surface area contributed by atoms with E-state index in [-0.39, 0.29) is 13.0 Å². The number of aromatic amines is 1. The van der Waals surface area contributed by atoms with E-state index in [2.05, 4.69) is 35.3 Å². The van der Waals surface area contributed by atoms with Crippen LogP contribution in [0.4, 0.5) is 0 Å². The molecule has 1 aliphatic rings. The number of aliphatic hydroxyl groups is 3. The van der Waals surface area contributed by atoms with Crippen molar-refractivity contribution in [2.24, 2.45) is 0 Å². The van der Waals surface area contributed by atoms with Gasteiger partial charge in [0.2, 0.25) is 6.29 Å². The molecule has 0 spiro atoms. The van der Waals surface area contributed by atoms with Gasteiger partial charge in [-0.25, -0.2) is 0 Å². The lowest BCUT2D eigenvalue weighted by molar-refractivity contribution is -0.240. The molecule has 3 aromatic carbocycles. The van der Waals surface area contributed by atoms with E-state index in [4.69, 9.17) is 9.47 Å². The molecule has 160 valence electrons. The summed E-state index contributed by atoms with van der Waals surface area (Å²) in [5.74, 6) is 0.560. The van der Waals surface area contributed by atoms with Crippen molar-refractivity contribution in [1.29, 1.82) is 0 Å². The van der Waals surface area contributed by atoms with Gasteiger partial charge in [0, 0.05) is 23.5 Å². The van der Waals surface area contributed by atoms with E-state index in [9.17, 15) is 15.3 Å². The van der Waals surface area contributed by atoms with Crippen LogP contribution in [0.2, 0.25) is 0 Å². The van der Waals surface area contributed by atoms with E-state index in [1.165, 1.54) is 16.3 Å². The van der Waals surface area contributed by atoms with Gasteiger partial charge < -0.3 is 29.8 Å². The maximum absolute atomic E-state index is 10.4. The van der Waals surface area contributed by atoms with Crippen molar-refractivity contribution in [2.45, 2.75) is 37.4 Å². The number of fused-ring (bicyclic) bond motifs is 2. The number of hydrogen-bond donors (Lipinski definition) is 4. The standard InChI is InChI=1S/C25H25NO5/c27-14-19-12-21(28)24(29)25(30-19)31-22-7-3-6-20-23(22)18(13-26-20)11-15-8-9-16-4-1-2-5-17(16)10-15/h1-10,13,19,21,24-29H,11-12,14H2/t19-,21-,24+,25-/m0/s1. The number of hydrogen-bond acceptors (Lipinski definition) is 5. The van der Waals surface area contributed by atoms with Gasteiger partial charge in [0.15, 0.2) is 0 Å². The summed E-state index contributed by atoms with van der Waals surface area (Å²) in [7, 11) is 0. The van der Waals surface area contributed by atoms with Gasteiger partial charge >= 0.3 is 0 Å². The quantitative estimate of drug-likeness (QED) is 0.399. The first kappa shape index (κ1) is 20.0. The highest BCUT2D eigenvalue weighted by Crippen LogP contribution is 2.33. The van der Waals surface area contributed by atoms with Crippen LogP contribution in [0, 0.1) is 0 Å². The van der Waals surface area contributed by atoms with E-state index >= 15 is 0 Å². The van der Waals surface area contributed by atoms with E-state index < -0.39 is 24.6 Å². The molecule has 0 bridgehead atoms. The number of nitrogens with one attached hydrogen (secondary N) is 1. The predicted molar refractivity (Wildman–Crippen MR) is 118 cm³/mol. The molecule has 31 heavy (non-hydrogen) atoms. The van der Waals surface area contributed by atoms with Crippen LogP contribution in [0.1, 0.15) is 17.5 Å². The summed E-state index contributed by atoms with van der Waals surface area (Å²) >= 11 is 0. The van der Waals surface area contributed by atoms with Gasteiger partial charge in [0.1, 0.15) is 11.9 Å². The second-order valence-electron chi connectivity index (χ2n) is 8.07. The van der Waals surface area contributed by atoms with Crippen LogP contribution in [0.15, 0.2) is 66.9 Å². The number of ether oxygens (including phenoxy) is 2. The Morgan fingerprint density at radius 3 is 2.68 bits per heavy atom. The summed E-state index contributed by atoms with van der Waals surface area (Å²) in [4.78, 5) is 3.29. The molecule has 6 nitrogen and oxygen atoms in total. The van der Waals surface area contributed by atoms with E-state index in [0.29, 0.717) is 12.2 Å². The number of benzene rings is 3. The van der Waals surface area contributed by atoms with Gasteiger partial charge in [-0.1, -0.05) is 48.5 Å². The summed E-state index contributed by atoms with van der Waals surface area (Å²) in [5, 5.41) is 33.2. The third-order valence-corrected chi connectivity index (χ3v) is 5.91. The molecule has 5 rings (SSSR count). The first-order valence-corrected chi connectivity index (χ1v) is 10.5. The molecule has 1 saturated heterocycles. The summed E-state index contributed by atoms with van der Waals surface area (Å²) < 4.78 is 11.7. The maximum atomic E-state index is 10.4. The zero-order chi connectivity index (χ0) is 21.4. The zero-order valence-electron chi connectivity index (χ0n) is 16.9. The van der Waals surface area contributed by atoms with Crippen molar-refractivity contribution in [3.05, 3.63) is 78.0 Å². The van der Waals surface area contributed by atoms with Crippen molar-refractivity contribution < 1.29 is 24.8 Å². The van der Waals surface area contributed by atoms with Gasteiger partial charge in [0.25, 0.3) is 0 Å². The largest absolute Gasteiger partial charge is 0.461 e. The zero-order valence-corrected chi connectivity index (χ0v) is 16.9. The molecule has 0 radical (unpaired) electrons. The minimum absolute atomic E-state index is 0.166. The maximum Gasteiger partial charge on any atom is 0.229 e. The van der Waals surface area contributed by atoms with Crippen LogP contribution in [-0.4, -0.2) is 51.5 Å². The Morgan fingerprint density at radius 1 is 1.00 bits per heavy atom. The van der Waals surface area contributed by atoms with E-state index in [1.54, 1.807) is 0 Å². The monoisotopic (exact) mass is 419 g/mol. The summed E-state index contributed by atoms with van der Waals surface area (Å²) in [6, 6.07) is 20.4. The fourth-order valence-electron chi connectivity index (χ4n) is 4.28. The average Bonchev–Trinajstić information content (AvgIpc) is 3.20. The second-order valence-corrected chi connectivity index (χ2v) is 8.07. The van der Waals surface area contributed by atoms with Gasteiger partial charge in [0.05, 0.1) is 18.8 Å². The topological polar surface area (TPSA) is 94.9 Å². The van der Waals surface area contributed by atoms with Crippen LogP contribution in [0.5, 0.6) is 5.75 Å². The molecule has 1 fully saturated rings. The number of aromatic nitrogens is 1. The molecule has 1 aliphatic heterocycles. The minimum Gasteiger partial charge on any atom is -0.461 e. The lowest BCUT2D eigenvalue weighted by Gasteiger charge is -2.36. The third-order valence-electron chi connectivity index (χ3n) is 5.91. The SMILES string of the molecule is OC[C@@H]1C[C@H](O)[C@@H](O)[C@H](Oc2cccc3[nH]cc(Cc4ccc5ccccc5c4)c23)O1. The normalized spacial score (nSPS) is 24.0. The molecule has 4 aromatic rings. The highest BCUT2D eigenvalue weighted by atomic mass is 16.7. The van der Waals surface area contributed by atoms with Crippen molar-refractivity contribution in [2.75, 3.05) is 6.61 Å². The van der Waals surface area contributed by atoms with Crippen molar-refractivity contribution in [3.8, 4) is 5.75 Å². The predicted octanol–water partition coefficient (Wildman–Crippen LogP) is 3.12. The number of aliphatic hydroxyl groups excluding tert-OH is 3. The van der Waals surface area contributed by atoms with Gasteiger partial charge in [-0.3, -0.25) is 0 Å². The van der Waals surface area contributed by atoms with Gasteiger partial charge in [-0.15, -0.1) is 0 Å². The van der Waals surface area contributed by atoms with E-state index in [0.717, 1.165) is 16.5 Å². The fourth-order valence-corrected chi connectivity index (χ4v) is 4.28. The van der Waals surface area contributed by atoms with E-state index in [1.807, 2.05) is 36.5 Å². The van der Waals surface area contributed by atoms with Crippen LogP contribution in [-0.2, 0) is 11.2 Å². The first-order chi connectivity index (χ1) is 15.1. The Balaban J connectivity index is 1.46. The Kier molecular flexibility index (Phi) is 5.38. The molecular formula is C25H25NO5. The van der Waals surface area contributed by atoms with Crippen molar-refractivity contribution in [1.82, 2.24) is 4.98 Å². The first-order valence-electron chi connectivity index (χ1n) is 10.5. The Labute approximate surface area is 179 Å². The molecule has 4 atom stereocenters. The molecule has 0 aliphatic carbocycles. The highest BCUT2D eigenvalue weighted by molar-refractivity contribution is 5.90. The molecule has 0 amide bonds. The average molecular weight is 419 g/mol. The molecule has 0 unspecified atom stereocenters. The van der Waals surface area contributed by atoms with Crippen LogP contribution in [0.25, 0.3) is 21.7 Å². The smallest absolute Gasteiger partial charge is 0.229 e. The highest BCUT2D eigenvalue weighted by Gasteiger charge is 2.38. The third kappa shape index (κ3) is 3.91. The Bertz CT molecular complexity index is 1200. The molecule has 6 heteroatoms. The van der Waals surface area contributed by atoms with Crippen LogP contribution in [0.3, 0.4) is 0 Å². The number of H-pyrrole nitrogens is 1. The van der Waals surface area contributed by atoms with Crippen molar-refractivity contribution in [3.63, 3.8) is 0 Å². The van der Waals surface area contributed by atoms with Crippen LogP contribution < -0.4 is 4.74 Å². The molecule has 2 heterocycles. The van der Waals surface area contributed by atoms with Crippen molar-refractivity contribution >= 4 is 21.7 Å². The lowest BCUT2D eigenvalue weighted by Crippen LogP contribution is -2.51. The second kappa shape index (κ2) is 8.32. The summed E-state index contributed by atoms with van der Waals surface area (Å²) in [5.41, 5.74) is 3.16. The summed E-state index contributed by atoms with van der Waals surface area (Å²) in [6.07, 6.45) is -1.00. The molecule has 4 N–H and O–H groups in total. The molecule has 1 aromatic heterocycles. The molecular weight excluding hydrogens is 394 g/mol. The Morgan fingerprint density at radius 2 is 1.84 bits per heavy atom. The Hall–Kier alpha value is -2.90. The lowest BCUT2D eigenvalue weighted by atomic mass is 10.0. The van der Waals surface area contributed by atoms with Crippen LogP contribution >= 0.6 is 0 Å².